The SMILES string of the molecule is NC(=NCc1ccc(N2CCOCC2)nc1)NCC1CCCO1. The zero-order valence-corrected chi connectivity index (χ0v) is 13.4. The van der Waals surface area contributed by atoms with E-state index in [1.807, 2.05) is 12.3 Å². The largest absolute Gasteiger partial charge is 0.378 e. The normalized spacial score (nSPS) is 22.3. The van der Waals surface area contributed by atoms with Crippen molar-refractivity contribution in [3.05, 3.63) is 23.9 Å². The zero-order chi connectivity index (χ0) is 15.9. The van der Waals surface area contributed by atoms with Gasteiger partial charge in [0.25, 0.3) is 0 Å². The molecule has 0 amide bonds. The number of nitrogens with zero attached hydrogens (tertiary/aromatic N) is 3. The Labute approximate surface area is 136 Å². The number of morpholine rings is 1. The van der Waals surface area contributed by atoms with Crippen LogP contribution in [0.2, 0.25) is 0 Å². The first kappa shape index (κ1) is 16.0. The van der Waals surface area contributed by atoms with E-state index in [0.29, 0.717) is 12.5 Å². The van der Waals surface area contributed by atoms with Crippen molar-refractivity contribution in [3.8, 4) is 0 Å². The molecule has 3 rings (SSSR count). The first-order valence-electron chi connectivity index (χ1n) is 8.24. The summed E-state index contributed by atoms with van der Waals surface area (Å²) in [6, 6.07) is 4.08. The van der Waals surface area contributed by atoms with E-state index >= 15 is 0 Å². The van der Waals surface area contributed by atoms with E-state index in [1.165, 1.54) is 0 Å². The van der Waals surface area contributed by atoms with Crippen LogP contribution < -0.4 is 16.0 Å². The fourth-order valence-corrected chi connectivity index (χ4v) is 2.75. The topological polar surface area (TPSA) is 85.0 Å². The van der Waals surface area contributed by atoms with E-state index in [1.54, 1.807) is 0 Å². The lowest BCUT2D eigenvalue weighted by molar-refractivity contribution is 0.114. The summed E-state index contributed by atoms with van der Waals surface area (Å²) in [5.41, 5.74) is 6.93. The number of aromatic nitrogens is 1. The van der Waals surface area contributed by atoms with Gasteiger partial charge in [0.1, 0.15) is 5.82 Å². The highest BCUT2D eigenvalue weighted by atomic mass is 16.5. The predicted octanol–water partition coefficient (Wildman–Crippen LogP) is 0.501. The van der Waals surface area contributed by atoms with Crippen LogP contribution in [-0.2, 0) is 16.0 Å². The highest BCUT2D eigenvalue weighted by Crippen LogP contribution is 2.13. The summed E-state index contributed by atoms with van der Waals surface area (Å²) in [6.45, 7) is 5.42. The highest BCUT2D eigenvalue weighted by Gasteiger charge is 2.15. The minimum Gasteiger partial charge on any atom is -0.378 e. The number of aliphatic imine (C=N–C) groups is 1. The van der Waals surface area contributed by atoms with E-state index in [9.17, 15) is 0 Å². The maximum absolute atomic E-state index is 5.89. The Hall–Kier alpha value is -1.86. The van der Waals surface area contributed by atoms with Crippen LogP contribution in [0.25, 0.3) is 0 Å². The van der Waals surface area contributed by atoms with E-state index in [4.69, 9.17) is 15.2 Å². The van der Waals surface area contributed by atoms with E-state index in [0.717, 1.165) is 63.7 Å². The van der Waals surface area contributed by atoms with Gasteiger partial charge in [0, 0.05) is 32.4 Å². The second-order valence-corrected chi connectivity index (χ2v) is 5.84. The van der Waals surface area contributed by atoms with Crippen LogP contribution in [-0.4, -0.2) is 56.5 Å². The number of nitrogens with one attached hydrogen (secondary N) is 1. The molecular weight excluding hydrogens is 294 g/mol. The first-order valence-corrected chi connectivity index (χ1v) is 8.24. The molecule has 0 aromatic carbocycles. The minimum atomic E-state index is 0.262. The zero-order valence-electron chi connectivity index (χ0n) is 13.4. The average molecular weight is 319 g/mol. The summed E-state index contributed by atoms with van der Waals surface area (Å²) >= 11 is 0. The van der Waals surface area contributed by atoms with Crippen LogP contribution in [0.1, 0.15) is 18.4 Å². The molecule has 7 heteroatoms. The van der Waals surface area contributed by atoms with Gasteiger partial charge in [0.15, 0.2) is 5.96 Å². The maximum atomic E-state index is 5.89. The molecule has 3 N–H and O–H groups in total. The smallest absolute Gasteiger partial charge is 0.189 e. The third-order valence-corrected chi connectivity index (χ3v) is 4.11. The molecule has 7 nitrogen and oxygen atoms in total. The molecule has 1 aromatic heterocycles. The molecular formula is C16H25N5O2. The Morgan fingerprint density at radius 1 is 1.35 bits per heavy atom. The number of hydrogen-bond acceptors (Lipinski definition) is 5. The average Bonchev–Trinajstić information content (AvgIpc) is 3.13. The summed E-state index contributed by atoms with van der Waals surface area (Å²) in [4.78, 5) is 11.1. The summed E-state index contributed by atoms with van der Waals surface area (Å²) in [6.07, 6.45) is 4.34. The summed E-state index contributed by atoms with van der Waals surface area (Å²) in [5, 5.41) is 3.12. The molecule has 2 fully saturated rings. The first-order chi connectivity index (χ1) is 11.3. The Morgan fingerprint density at radius 2 is 2.22 bits per heavy atom. The van der Waals surface area contributed by atoms with Crippen LogP contribution in [0, 0.1) is 0 Å². The molecule has 3 heterocycles. The Balaban J connectivity index is 1.46. The van der Waals surface area contributed by atoms with Crippen molar-refractivity contribution in [2.45, 2.75) is 25.5 Å². The Bertz CT molecular complexity index is 508. The number of guanidine groups is 1. The molecule has 0 saturated carbocycles. The van der Waals surface area contributed by atoms with Crippen molar-refractivity contribution >= 4 is 11.8 Å². The van der Waals surface area contributed by atoms with Gasteiger partial charge in [-0.15, -0.1) is 0 Å². The number of hydrogen-bond donors (Lipinski definition) is 2. The molecule has 2 aliphatic rings. The number of pyridine rings is 1. The van der Waals surface area contributed by atoms with Crippen molar-refractivity contribution in [3.63, 3.8) is 0 Å². The molecule has 1 unspecified atom stereocenters. The lowest BCUT2D eigenvalue weighted by atomic mass is 10.2. The molecule has 1 aromatic rings. The van der Waals surface area contributed by atoms with Gasteiger partial charge < -0.3 is 25.4 Å². The van der Waals surface area contributed by atoms with Crippen LogP contribution in [0.5, 0.6) is 0 Å². The monoisotopic (exact) mass is 319 g/mol. The van der Waals surface area contributed by atoms with Gasteiger partial charge in [0.05, 0.1) is 25.9 Å². The molecule has 0 bridgehead atoms. The Morgan fingerprint density at radius 3 is 2.91 bits per heavy atom. The highest BCUT2D eigenvalue weighted by molar-refractivity contribution is 5.77. The van der Waals surface area contributed by atoms with Gasteiger partial charge in [-0.1, -0.05) is 6.07 Å². The third-order valence-electron chi connectivity index (χ3n) is 4.11. The van der Waals surface area contributed by atoms with E-state index < -0.39 is 0 Å². The standard InChI is InChI=1S/C16H25N5O2/c17-16(20-12-14-2-1-7-23-14)19-11-13-3-4-15(18-10-13)21-5-8-22-9-6-21/h3-4,10,14H,1-2,5-9,11-12H2,(H3,17,19,20). The van der Waals surface area contributed by atoms with Gasteiger partial charge in [-0.05, 0) is 24.5 Å². The van der Waals surface area contributed by atoms with Gasteiger partial charge >= 0.3 is 0 Å². The van der Waals surface area contributed by atoms with Crippen molar-refractivity contribution in [2.24, 2.45) is 10.7 Å². The predicted molar refractivity (Wildman–Crippen MR) is 89.6 cm³/mol. The molecule has 126 valence electrons. The third kappa shape index (κ3) is 4.80. The number of nitrogens with two attached hydrogens (primary N) is 1. The summed E-state index contributed by atoms with van der Waals surface area (Å²) < 4.78 is 10.9. The molecule has 0 aliphatic carbocycles. The van der Waals surface area contributed by atoms with Crippen LogP contribution >= 0.6 is 0 Å². The van der Waals surface area contributed by atoms with Crippen molar-refractivity contribution < 1.29 is 9.47 Å². The number of ether oxygens (including phenoxy) is 2. The van der Waals surface area contributed by atoms with E-state index in [2.05, 4.69) is 26.3 Å². The molecule has 0 radical (unpaired) electrons. The molecule has 0 spiro atoms. The van der Waals surface area contributed by atoms with Gasteiger partial charge in [-0.3, -0.25) is 0 Å². The van der Waals surface area contributed by atoms with Crippen LogP contribution in [0.15, 0.2) is 23.3 Å². The lowest BCUT2D eigenvalue weighted by Crippen LogP contribution is -2.37. The molecule has 23 heavy (non-hydrogen) atoms. The Kier molecular flexibility index (Phi) is 5.65. The van der Waals surface area contributed by atoms with Gasteiger partial charge in [0.2, 0.25) is 0 Å². The number of rotatable bonds is 5. The summed E-state index contributed by atoms with van der Waals surface area (Å²) in [5.74, 6) is 1.45. The maximum Gasteiger partial charge on any atom is 0.189 e. The van der Waals surface area contributed by atoms with Gasteiger partial charge in [-0.25, -0.2) is 9.98 Å². The number of anilines is 1. The van der Waals surface area contributed by atoms with Gasteiger partial charge in [-0.2, -0.15) is 0 Å². The molecule has 2 saturated heterocycles. The van der Waals surface area contributed by atoms with Crippen molar-refractivity contribution in [2.75, 3.05) is 44.4 Å². The second-order valence-electron chi connectivity index (χ2n) is 5.84. The minimum absolute atomic E-state index is 0.262. The van der Waals surface area contributed by atoms with Crippen LogP contribution in [0.3, 0.4) is 0 Å². The van der Waals surface area contributed by atoms with Crippen molar-refractivity contribution in [1.82, 2.24) is 10.3 Å². The lowest BCUT2D eigenvalue weighted by Gasteiger charge is -2.27. The molecule has 2 aliphatic heterocycles. The van der Waals surface area contributed by atoms with Crippen LogP contribution in [0.4, 0.5) is 5.82 Å². The fraction of sp³-hybridized carbons (Fsp3) is 0.625. The fourth-order valence-electron chi connectivity index (χ4n) is 2.75. The molecule has 1 atom stereocenters. The summed E-state index contributed by atoms with van der Waals surface area (Å²) in [7, 11) is 0. The second kappa shape index (κ2) is 8.12. The van der Waals surface area contributed by atoms with Crippen molar-refractivity contribution in [1.29, 1.82) is 0 Å². The quantitative estimate of drug-likeness (QED) is 0.607. The van der Waals surface area contributed by atoms with E-state index in [-0.39, 0.29) is 6.10 Å².